The summed E-state index contributed by atoms with van der Waals surface area (Å²) < 4.78 is 0. The van der Waals surface area contributed by atoms with Gasteiger partial charge in [-0.1, -0.05) is 25.8 Å². The summed E-state index contributed by atoms with van der Waals surface area (Å²) in [4.78, 5) is 6.87. The van der Waals surface area contributed by atoms with Gasteiger partial charge in [-0.15, -0.1) is 0 Å². The van der Waals surface area contributed by atoms with Crippen LogP contribution in [0.2, 0.25) is 0 Å². The van der Waals surface area contributed by atoms with Crippen molar-refractivity contribution in [2.45, 2.75) is 45.2 Å². The molecule has 2 unspecified atom stereocenters. The van der Waals surface area contributed by atoms with Crippen molar-refractivity contribution in [1.82, 2.24) is 9.88 Å². The minimum Gasteiger partial charge on any atom is -0.373 e. The van der Waals surface area contributed by atoms with Crippen molar-refractivity contribution in [1.29, 1.82) is 0 Å². The van der Waals surface area contributed by atoms with Crippen molar-refractivity contribution >= 4 is 5.82 Å². The third kappa shape index (κ3) is 3.22. The lowest BCUT2D eigenvalue weighted by Crippen LogP contribution is -2.35. The molecule has 2 rings (SSSR count). The second-order valence-electron chi connectivity index (χ2n) is 5.60. The van der Waals surface area contributed by atoms with Crippen LogP contribution < -0.4 is 5.32 Å². The molecule has 0 aliphatic heterocycles. The predicted octanol–water partition coefficient (Wildman–Crippen LogP) is 3.13. The second kappa shape index (κ2) is 6.19. The molecule has 1 aromatic rings. The quantitative estimate of drug-likeness (QED) is 0.886. The van der Waals surface area contributed by atoms with Crippen LogP contribution >= 0.6 is 0 Å². The molecule has 1 fully saturated rings. The summed E-state index contributed by atoms with van der Waals surface area (Å²) >= 11 is 0. The molecule has 18 heavy (non-hydrogen) atoms. The first-order valence-electron chi connectivity index (χ1n) is 7.02. The lowest BCUT2D eigenvalue weighted by atomic mass is 9.86. The van der Waals surface area contributed by atoms with Gasteiger partial charge in [0.25, 0.3) is 0 Å². The zero-order valence-corrected chi connectivity index (χ0v) is 11.8. The van der Waals surface area contributed by atoms with Crippen LogP contribution in [-0.4, -0.2) is 30.0 Å². The summed E-state index contributed by atoms with van der Waals surface area (Å²) in [6, 6.07) is 4.92. The fraction of sp³-hybridized carbons (Fsp3) is 0.667. The number of anilines is 1. The number of aromatic nitrogens is 1. The van der Waals surface area contributed by atoms with E-state index in [1.54, 1.807) is 0 Å². The number of pyridine rings is 1. The van der Waals surface area contributed by atoms with Gasteiger partial charge < -0.3 is 5.32 Å². The van der Waals surface area contributed by atoms with Crippen molar-refractivity contribution in [3.63, 3.8) is 0 Å². The molecule has 0 saturated heterocycles. The van der Waals surface area contributed by atoms with Crippen molar-refractivity contribution in [2.75, 3.05) is 19.4 Å². The van der Waals surface area contributed by atoms with Crippen LogP contribution in [0, 0.1) is 5.92 Å². The summed E-state index contributed by atoms with van der Waals surface area (Å²) in [5.74, 6) is 1.89. The number of hydrogen-bond acceptors (Lipinski definition) is 3. The Morgan fingerprint density at radius 2 is 2.28 bits per heavy atom. The van der Waals surface area contributed by atoms with Crippen LogP contribution in [0.3, 0.4) is 0 Å². The van der Waals surface area contributed by atoms with Gasteiger partial charge in [-0.25, -0.2) is 4.98 Å². The summed E-state index contributed by atoms with van der Waals surface area (Å²) in [7, 11) is 4.18. The molecule has 1 heterocycles. The van der Waals surface area contributed by atoms with Crippen LogP contribution in [0.1, 0.15) is 38.2 Å². The van der Waals surface area contributed by atoms with Gasteiger partial charge in [0.1, 0.15) is 5.82 Å². The molecule has 3 heteroatoms. The third-order valence-corrected chi connectivity index (χ3v) is 4.08. The molecular formula is C15H25N3. The Labute approximate surface area is 111 Å². The van der Waals surface area contributed by atoms with Gasteiger partial charge in [0, 0.05) is 31.4 Å². The smallest absolute Gasteiger partial charge is 0.130 e. The molecule has 100 valence electrons. The van der Waals surface area contributed by atoms with E-state index in [1.807, 2.05) is 19.3 Å². The van der Waals surface area contributed by atoms with Crippen molar-refractivity contribution in [3.8, 4) is 0 Å². The van der Waals surface area contributed by atoms with E-state index in [9.17, 15) is 0 Å². The molecule has 2 atom stereocenters. The van der Waals surface area contributed by atoms with E-state index in [0.29, 0.717) is 0 Å². The maximum atomic E-state index is 4.37. The van der Waals surface area contributed by atoms with Gasteiger partial charge in [-0.05, 0) is 31.9 Å². The summed E-state index contributed by atoms with van der Waals surface area (Å²) in [5.41, 5.74) is 1.29. The third-order valence-electron chi connectivity index (χ3n) is 4.08. The highest BCUT2D eigenvalue weighted by molar-refractivity contribution is 5.42. The van der Waals surface area contributed by atoms with Crippen molar-refractivity contribution < 1.29 is 0 Å². The molecule has 1 aliphatic carbocycles. The minimum absolute atomic E-state index is 0.735. The fourth-order valence-corrected chi connectivity index (χ4v) is 2.99. The first-order chi connectivity index (χ1) is 8.70. The Morgan fingerprint density at radius 1 is 1.44 bits per heavy atom. The zero-order chi connectivity index (χ0) is 13.0. The van der Waals surface area contributed by atoms with Crippen LogP contribution in [0.15, 0.2) is 18.3 Å². The first-order valence-corrected chi connectivity index (χ1v) is 7.02. The molecule has 0 spiro atoms. The van der Waals surface area contributed by atoms with Crippen LogP contribution in [-0.2, 0) is 6.54 Å². The van der Waals surface area contributed by atoms with Crippen LogP contribution in [0.5, 0.6) is 0 Å². The van der Waals surface area contributed by atoms with Gasteiger partial charge >= 0.3 is 0 Å². The number of nitrogens with one attached hydrogen (secondary N) is 1. The van der Waals surface area contributed by atoms with Crippen molar-refractivity contribution in [2.24, 2.45) is 5.92 Å². The highest BCUT2D eigenvalue weighted by Gasteiger charge is 2.22. The highest BCUT2D eigenvalue weighted by Crippen LogP contribution is 2.28. The SMILES string of the molecule is CNc1ncccc1CN(C)C1CCCC(C)C1. The number of hydrogen-bond donors (Lipinski definition) is 1. The van der Waals surface area contributed by atoms with E-state index in [4.69, 9.17) is 0 Å². The average Bonchev–Trinajstić information content (AvgIpc) is 2.39. The maximum absolute atomic E-state index is 4.37. The molecular weight excluding hydrogens is 222 g/mol. The van der Waals surface area contributed by atoms with E-state index in [-0.39, 0.29) is 0 Å². The van der Waals surface area contributed by atoms with Crippen LogP contribution in [0.4, 0.5) is 5.82 Å². The van der Waals surface area contributed by atoms with Gasteiger partial charge in [0.15, 0.2) is 0 Å². The van der Waals surface area contributed by atoms with Gasteiger partial charge in [0.05, 0.1) is 0 Å². The second-order valence-corrected chi connectivity index (χ2v) is 5.60. The molecule has 0 radical (unpaired) electrons. The molecule has 1 saturated carbocycles. The normalized spacial score (nSPS) is 24.2. The lowest BCUT2D eigenvalue weighted by Gasteiger charge is -2.34. The van der Waals surface area contributed by atoms with E-state index in [1.165, 1.54) is 31.2 Å². The molecule has 1 aliphatic rings. The molecule has 0 aromatic carbocycles. The largest absolute Gasteiger partial charge is 0.373 e. The Morgan fingerprint density at radius 3 is 3.00 bits per heavy atom. The van der Waals surface area contributed by atoms with E-state index in [0.717, 1.165) is 24.3 Å². The van der Waals surface area contributed by atoms with Gasteiger partial charge in [-0.3, -0.25) is 4.90 Å². The minimum atomic E-state index is 0.735. The maximum Gasteiger partial charge on any atom is 0.130 e. The summed E-state index contributed by atoms with van der Waals surface area (Å²) in [5, 5.41) is 3.17. The predicted molar refractivity (Wildman–Crippen MR) is 76.7 cm³/mol. The molecule has 1 aromatic heterocycles. The summed E-state index contributed by atoms with van der Waals surface area (Å²) in [6.45, 7) is 3.37. The monoisotopic (exact) mass is 247 g/mol. The summed E-state index contributed by atoms with van der Waals surface area (Å²) in [6.07, 6.45) is 7.31. The number of rotatable bonds is 4. The van der Waals surface area contributed by atoms with Gasteiger partial charge in [0.2, 0.25) is 0 Å². The first kappa shape index (κ1) is 13.3. The molecule has 0 amide bonds. The van der Waals surface area contributed by atoms with E-state index in [2.05, 4.69) is 35.2 Å². The van der Waals surface area contributed by atoms with E-state index < -0.39 is 0 Å². The standard InChI is InChI=1S/C15H25N3/c1-12-6-4-8-14(10-12)18(3)11-13-7-5-9-17-15(13)16-2/h5,7,9,12,14H,4,6,8,10-11H2,1-3H3,(H,16,17). The molecule has 3 nitrogen and oxygen atoms in total. The molecule has 1 N–H and O–H groups in total. The van der Waals surface area contributed by atoms with Crippen molar-refractivity contribution in [3.05, 3.63) is 23.9 Å². The Hall–Kier alpha value is -1.09. The Balaban J connectivity index is 1.99. The average molecular weight is 247 g/mol. The van der Waals surface area contributed by atoms with E-state index >= 15 is 0 Å². The topological polar surface area (TPSA) is 28.2 Å². The fourth-order valence-electron chi connectivity index (χ4n) is 2.99. The van der Waals surface area contributed by atoms with Gasteiger partial charge in [-0.2, -0.15) is 0 Å². The van der Waals surface area contributed by atoms with Crippen LogP contribution in [0.25, 0.3) is 0 Å². The number of nitrogens with zero attached hydrogens (tertiary/aromatic N) is 2. The molecule has 0 bridgehead atoms. The lowest BCUT2D eigenvalue weighted by molar-refractivity contribution is 0.158. The highest BCUT2D eigenvalue weighted by atomic mass is 15.1. The Bertz CT molecular complexity index is 378. The Kier molecular flexibility index (Phi) is 4.59. The zero-order valence-electron chi connectivity index (χ0n) is 11.8.